The minimum Gasteiger partial charge on any atom is -0.381 e. The van der Waals surface area contributed by atoms with Gasteiger partial charge in [-0.1, -0.05) is 5.16 Å². The van der Waals surface area contributed by atoms with Crippen molar-refractivity contribution in [1.82, 2.24) is 14.9 Å². The maximum atomic E-state index is 12.5. The standard InChI is InChI=1S/C17H22N4O3/c22-17(16-14-3-1-2-4-15(14)24-20-16)19-13-9-18-21(11-13)10-12-5-7-23-8-6-12/h9,11-12H,1-8,10H2,(H,19,22). The largest absolute Gasteiger partial charge is 0.381 e. The average Bonchev–Trinajstić information content (AvgIpc) is 3.22. The van der Waals surface area contributed by atoms with Crippen LogP contribution in [0.25, 0.3) is 0 Å². The second-order valence-corrected chi connectivity index (χ2v) is 6.60. The third-order valence-electron chi connectivity index (χ3n) is 4.84. The third-order valence-corrected chi connectivity index (χ3v) is 4.84. The molecular weight excluding hydrogens is 308 g/mol. The number of fused-ring (bicyclic) bond motifs is 1. The first kappa shape index (κ1) is 15.4. The first-order valence-electron chi connectivity index (χ1n) is 8.68. The van der Waals surface area contributed by atoms with E-state index in [0.29, 0.717) is 17.3 Å². The lowest BCUT2D eigenvalue weighted by Gasteiger charge is -2.21. The van der Waals surface area contributed by atoms with Gasteiger partial charge in [0.05, 0.1) is 11.9 Å². The molecule has 3 heterocycles. The van der Waals surface area contributed by atoms with Gasteiger partial charge in [-0.2, -0.15) is 5.10 Å². The van der Waals surface area contributed by atoms with Gasteiger partial charge in [-0.3, -0.25) is 9.48 Å². The predicted molar refractivity (Wildman–Crippen MR) is 86.9 cm³/mol. The number of amides is 1. The monoisotopic (exact) mass is 330 g/mol. The lowest BCUT2D eigenvalue weighted by atomic mass is 9.96. The van der Waals surface area contributed by atoms with Crippen molar-refractivity contribution >= 4 is 11.6 Å². The lowest BCUT2D eigenvalue weighted by molar-refractivity contribution is 0.0601. The van der Waals surface area contributed by atoms with Gasteiger partial charge in [-0.25, -0.2) is 0 Å². The van der Waals surface area contributed by atoms with Crippen LogP contribution < -0.4 is 5.32 Å². The number of hydrogen-bond donors (Lipinski definition) is 1. The molecule has 0 spiro atoms. The Balaban J connectivity index is 1.40. The molecule has 1 aliphatic carbocycles. The molecule has 2 aromatic heterocycles. The van der Waals surface area contributed by atoms with Gasteiger partial charge < -0.3 is 14.6 Å². The molecule has 128 valence electrons. The smallest absolute Gasteiger partial charge is 0.278 e. The fraction of sp³-hybridized carbons (Fsp3) is 0.588. The van der Waals surface area contributed by atoms with Crippen LogP contribution in [0.2, 0.25) is 0 Å². The summed E-state index contributed by atoms with van der Waals surface area (Å²) in [5.41, 5.74) is 2.08. The van der Waals surface area contributed by atoms with Crippen molar-refractivity contribution < 1.29 is 14.1 Å². The second kappa shape index (κ2) is 6.76. The van der Waals surface area contributed by atoms with Crippen LogP contribution in [0.1, 0.15) is 47.5 Å². The summed E-state index contributed by atoms with van der Waals surface area (Å²) in [6.07, 6.45) is 9.60. The van der Waals surface area contributed by atoms with Gasteiger partial charge in [0.15, 0.2) is 5.69 Å². The molecule has 2 aromatic rings. The number of nitrogens with one attached hydrogen (secondary N) is 1. The lowest BCUT2D eigenvalue weighted by Crippen LogP contribution is -2.20. The Labute approximate surface area is 140 Å². The molecule has 0 bridgehead atoms. The van der Waals surface area contributed by atoms with E-state index in [0.717, 1.165) is 69.6 Å². The van der Waals surface area contributed by atoms with Crippen molar-refractivity contribution in [2.24, 2.45) is 5.92 Å². The molecule has 24 heavy (non-hydrogen) atoms. The summed E-state index contributed by atoms with van der Waals surface area (Å²) >= 11 is 0. The highest BCUT2D eigenvalue weighted by molar-refractivity contribution is 6.03. The van der Waals surface area contributed by atoms with Crippen LogP contribution in [0.5, 0.6) is 0 Å². The van der Waals surface area contributed by atoms with Crippen molar-refractivity contribution in [2.75, 3.05) is 18.5 Å². The van der Waals surface area contributed by atoms with Crippen LogP contribution >= 0.6 is 0 Å². The normalized spacial score (nSPS) is 18.3. The molecular formula is C17H22N4O3. The summed E-state index contributed by atoms with van der Waals surface area (Å²) in [6.45, 7) is 2.51. The van der Waals surface area contributed by atoms with Crippen molar-refractivity contribution in [2.45, 2.75) is 45.1 Å². The fourth-order valence-corrected chi connectivity index (χ4v) is 3.47. The van der Waals surface area contributed by atoms with Gasteiger partial charge in [0, 0.05) is 37.9 Å². The average molecular weight is 330 g/mol. The summed E-state index contributed by atoms with van der Waals surface area (Å²) in [5, 5.41) is 11.2. The molecule has 7 nitrogen and oxygen atoms in total. The van der Waals surface area contributed by atoms with E-state index in [1.165, 1.54) is 0 Å². The van der Waals surface area contributed by atoms with E-state index >= 15 is 0 Å². The van der Waals surface area contributed by atoms with Crippen LogP contribution in [0, 0.1) is 5.92 Å². The highest BCUT2D eigenvalue weighted by atomic mass is 16.5. The Kier molecular flexibility index (Phi) is 4.34. The van der Waals surface area contributed by atoms with Crippen LogP contribution in [-0.4, -0.2) is 34.1 Å². The summed E-state index contributed by atoms with van der Waals surface area (Å²) in [5.74, 6) is 1.24. The minimum absolute atomic E-state index is 0.215. The maximum absolute atomic E-state index is 12.5. The van der Waals surface area contributed by atoms with E-state index < -0.39 is 0 Å². The Morgan fingerprint density at radius 1 is 1.29 bits per heavy atom. The fourth-order valence-electron chi connectivity index (χ4n) is 3.47. The molecule has 0 aromatic carbocycles. The summed E-state index contributed by atoms with van der Waals surface area (Å²) < 4.78 is 12.6. The molecule has 1 amide bonds. The Bertz CT molecular complexity index is 715. The SMILES string of the molecule is O=C(Nc1cnn(CC2CCOCC2)c1)c1noc2c1CCCC2. The Morgan fingerprint density at radius 2 is 2.12 bits per heavy atom. The third kappa shape index (κ3) is 3.21. The summed E-state index contributed by atoms with van der Waals surface area (Å²) in [7, 11) is 0. The highest BCUT2D eigenvalue weighted by Gasteiger charge is 2.24. The number of hydrogen-bond acceptors (Lipinski definition) is 5. The summed E-state index contributed by atoms with van der Waals surface area (Å²) in [4.78, 5) is 12.5. The number of aromatic nitrogens is 3. The highest BCUT2D eigenvalue weighted by Crippen LogP contribution is 2.25. The van der Waals surface area contributed by atoms with Crippen molar-refractivity contribution in [1.29, 1.82) is 0 Å². The molecule has 0 unspecified atom stereocenters. The first-order valence-corrected chi connectivity index (χ1v) is 8.68. The van der Waals surface area contributed by atoms with E-state index in [1.807, 2.05) is 10.9 Å². The van der Waals surface area contributed by atoms with Crippen LogP contribution in [0.4, 0.5) is 5.69 Å². The molecule has 2 aliphatic rings. The Hall–Kier alpha value is -2.15. The van der Waals surface area contributed by atoms with Gasteiger partial charge in [0.2, 0.25) is 0 Å². The van der Waals surface area contributed by atoms with Gasteiger partial charge in [0.25, 0.3) is 5.91 Å². The topological polar surface area (TPSA) is 82.2 Å². The molecule has 7 heteroatoms. The number of ether oxygens (including phenoxy) is 1. The second-order valence-electron chi connectivity index (χ2n) is 6.60. The zero-order chi connectivity index (χ0) is 16.4. The van der Waals surface area contributed by atoms with Gasteiger partial charge in [-0.15, -0.1) is 0 Å². The maximum Gasteiger partial charge on any atom is 0.278 e. The minimum atomic E-state index is -0.215. The number of rotatable bonds is 4. The number of aryl methyl sites for hydroxylation is 1. The van der Waals surface area contributed by atoms with Crippen LogP contribution in [0.15, 0.2) is 16.9 Å². The predicted octanol–water partition coefficient (Wildman–Crippen LogP) is 2.43. The number of anilines is 1. The van der Waals surface area contributed by atoms with Crippen LogP contribution in [0.3, 0.4) is 0 Å². The molecule has 1 aliphatic heterocycles. The molecule has 0 atom stereocenters. The Morgan fingerprint density at radius 3 is 3.00 bits per heavy atom. The zero-order valence-corrected chi connectivity index (χ0v) is 13.7. The number of carbonyl (C=O) groups excluding carboxylic acids is 1. The van der Waals surface area contributed by atoms with Gasteiger partial charge in [0.1, 0.15) is 5.76 Å². The van der Waals surface area contributed by atoms with Crippen molar-refractivity contribution in [3.8, 4) is 0 Å². The first-order chi connectivity index (χ1) is 11.8. The molecule has 1 fully saturated rings. The van der Waals surface area contributed by atoms with E-state index in [-0.39, 0.29) is 5.91 Å². The summed E-state index contributed by atoms with van der Waals surface area (Å²) in [6, 6.07) is 0. The van der Waals surface area contributed by atoms with Crippen LogP contribution in [-0.2, 0) is 24.1 Å². The van der Waals surface area contributed by atoms with E-state index in [4.69, 9.17) is 9.26 Å². The van der Waals surface area contributed by atoms with E-state index in [9.17, 15) is 4.79 Å². The molecule has 1 saturated heterocycles. The van der Waals surface area contributed by atoms with E-state index in [1.54, 1.807) is 6.20 Å². The molecule has 0 saturated carbocycles. The van der Waals surface area contributed by atoms with Gasteiger partial charge in [-0.05, 0) is 38.0 Å². The van der Waals surface area contributed by atoms with Crippen molar-refractivity contribution in [3.05, 3.63) is 29.4 Å². The van der Waals surface area contributed by atoms with Crippen molar-refractivity contribution in [3.63, 3.8) is 0 Å². The molecule has 4 rings (SSSR count). The molecule has 1 N–H and O–H groups in total. The van der Waals surface area contributed by atoms with E-state index in [2.05, 4.69) is 15.6 Å². The number of carbonyl (C=O) groups is 1. The zero-order valence-electron chi connectivity index (χ0n) is 13.7. The quantitative estimate of drug-likeness (QED) is 0.931. The number of nitrogens with zero attached hydrogens (tertiary/aromatic N) is 3. The van der Waals surface area contributed by atoms with Gasteiger partial charge >= 0.3 is 0 Å². The molecule has 0 radical (unpaired) electrons.